The number of phenolic OH excluding ortho intramolecular Hbond substituents is 1. The minimum Gasteiger partial charge on any atom is -0.504 e. The number of amides is 3. The Bertz CT molecular complexity index is 995. The van der Waals surface area contributed by atoms with Crippen LogP contribution in [0.2, 0.25) is 0 Å². The van der Waals surface area contributed by atoms with E-state index >= 15 is 0 Å². The zero-order valence-corrected chi connectivity index (χ0v) is 15.9. The normalized spacial score (nSPS) is 41.6. The van der Waals surface area contributed by atoms with Crippen molar-refractivity contribution in [1.82, 2.24) is 15.5 Å². The van der Waals surface area contributed by atoms with Gasteiger partial charge in [-0.25, -0.2) is 4.79 Å². The molecule has 2 bridgehead atoms. The first-order valence-electron chi connectivity index (χ1n) is 10.1. The molecule has 4 N–H and O–H groups in total. The van der Waals surface area contributed by atoms with Crippen LogP contribution in [0.1, 0.15) is 30.4 Å². The number of carbonyl (C=O) groups is 2. The number of rotatable bonds is 2. The summed E-state index contributed by atoms with van der Waals surface area (Å²) in [4.78, 5) is 27.3. The van der Waals surface area contributed by atoms with Crippen LogP contribution in [0.15, 0.2) is 24.8 Å². The maximum absolute atomic E-state index is 12.9. The van der Waals surface area contributed by atoms with Gasteiger partial charge in [-0.1, -0.05) is 12.1 Å². The summed E-state index contributed by atoms with van der Waals surface area (Å²) in [6, 6.07) is 2.80. The molecular weight excluding hydrogens is 374 g/mol. The summed E-state index contributed by atoms with van der Waals surface area (Å²) in [6.45, 7) is 5.23. The molecule has 2 unspecified atom stereocenters. The molecule has 1 aromatic rings. The van der Waals surface area contributed by atoms with Gasteiger partial charge in [0.1, 0.15) is 6.10 Å². The Kier molecular flexibility index (Phi) is 3.05. The summed E-state index contributed by atoms with van der Waals surface area (Å²) in [6.07, 6.45) is 2.89. The highest BCUT2D eigenvalue weighted by Crippen LogP contribution is 2.67. The lowest BCUT2D eigenvalue weighted by atomic mass is 9.46. The average molecular weight is 397 g/mol. The number of aliphatic hydroxyl groups is 1. The zero-order valence-electron chi connectivity index (χ0n) is 15.9. The molecule has 2 spiro atoms. The van der Waals surface area contributed by atoms with E-state index in [4.69, 9.17) is 4.74 Å². The third-order valence-corrected chi connectivity index (χ3v) is 8.00. The molecule has 0 radical (unpaired) electrons. The van der Waals surface area contributed by atoms with Crippen molar-refractivity contribution >= 4 is 11.9 Å². The molecule has 3 fully saturated rings. The van der Waals surface area contributed by atoms with Gasteiger partial charge in [-0.2, -0.15) is 0 Å². The number of urea groups is 1. The summed E-state index contributed by atoms with van der Waals surface area (Å²) in [5.41, 5.74) is -1.43. The molecule has 8 heteroatoms. The van der Waals surface area contributed by atoms with Gasteiger partial charge in [0.15, 0.2) is 17.0 Å². The second-order valence-electron chi connectivity index (χ2n) is 8.97. The lowest BCUT2D eigenvalue weighted by Crippen LogP contribution is -2.81. The molecule has 0 aromatic heterocycles. The number of likely N-dealkylation sites (tertiary alicyclic amines) is 1. The lowest BCUT2D eigenvalue weighted by molar-refractivity contribution is -0.201. The maximum Gasteiger partial charge on any atom is 0.322 e. The molecule has 3 amide bonds. The van der Waals surface area contributed by atoms with Gasteiger partial charge in [0, 0.05) is 18.2 Å². The molecule has 5 aliphatic rings. The van der Waals surface area contributed by atoms with Gasteiger partial charge in [-0.15, -0.1) is 6.58 Å². The maximum atomic E-state index is 12.9. The minimum atomic E-state index is -1.26. The molecule has 5 atom stereocenters. The van der Waals surface area contributed by atoms with Crippen molar-refractivity contribution in [3.05, 3.63) is 35.9 Å². The largest absolute Gasteiger partial charge is 0.504 e. The van der Waals surface area contributed by atoms with Gasteiger partial charge in [-0.05, 0) is 43.9 Å². The predicted molar refractivity (Wildman–Crippen MR) is 102 cm³/mol. The average Bonchev–Trinajstić information content (AvgIpc) is 3.17. The predicted octanol–water partition coefficient (Wildman–Crippen LogP) is 0.310. The van der Waals surface area contributed by atoms with Gasteiger partial charge in [0.2, 0.25) is 0 Å². The highest BCUT2D eigenvalue weighted by atomic mass is 16.5. The van der Waals surface area contributed by atoms with Gasteiger partial charge in [0.05, 0.1) is 11.0 Å². The van der Waals surface area contributed by atoms with E-state index in [-0.39, 0.29) is 18.2 Å². The van der Waals surface area contributed by atoms with Crippen LogP contribution < -0.4 is 15.4 Å². The van der Waals surface area contributed by atoms with Crippen LogP contribution >= 0.6 is 0 Å². The molecule has 29 heavy (non-hydrogen) atoms. The fourth-order valence-corrected chi connectivity index (χ4v) is 6.92. The van der Waals surface area contributed by atoms with Crippen LogP contribution in [-0.2, 0) is 16.6 Å². The molecule has 1 saturated carbocycles. The van der Waals surface area contributed by atoms with Crippen LogP contribution in [0.3, 0.4) is 0 Å². The lowest BCUT2D eigenvalue weighted by Gasteiger charge is -2.65. The van der Waals surface area contributed by atoms with Crippen molar-refractivity contribution in [3.8, 4) is 11.5 Å². The number of hydrogen-bond donors (Lipinski definition) is 4. The number of nitrogens with one attached hydrogen (secondary N) is 2. The number of phenols is 1. The Balaban J connectivity index is 1.62. The number of aromatic hydroxyl groups is 1. The molecule has 152 valence electrons. The Morgan fingerprint density at radius 2 is 2.14 bits per heavy atom. The Morgan fingerprint density at radius 3 is 2.86 bits per heavy atom. The quantitative estimate of drug-likeness (QED) is 0.422. The number of benzene rings is 1. The summed E-state index contributed by atoms with van der Waals surface area (Å²) in [7, 11) is 0. The molecule has 6 rings (SSSR count). The first-order valence-corrected chi connectivity index (χ1v) is 10.1. The molecule has 8 nitrogen and oxygen atoms in total. The van der Waals surface area contributed by atoms with E-state index in [1.54, 1.807) is 6.07 Å². The number of hydrogen-bond acceptors (Lipinski definition) is 6. The van der Waals surface area contributed by atoms with E-state index in [1.165, 1.54) is 0 Å². The summed E-state index contributed by atoms with van der Waals surface area (Å²) >= 11 is 0. The van der Waals surface area contributed by atoms with E-state index in [0.29, 0.717) is 38.1 Å². The Labute approximate surface area is 167 Å². The van der Waals surface area contributed by atoms with E-state index in [2.05, 4.69) is 22.1 Å². The number of imide groups is 1. The van der Waals surface area contributed by atoms with Crippen molar-refractivity contribution < 1.29 is 24.5 Å². The van der Waals surface area contributed by atoms with Crippen LogP contribution in [0.4, 0.5) is 4.79 Å². The Hall–Kier alpha value is -2.58. The SMILES string of the molecule is C=CCN1CC[C@]23c4c5ccc(O)c4OC2C2(CC[C@@]3(O)[C@H]1C5)NC(=O)NC2=O. The van der Waals surface area contributed by atoms with Crippen LogP contribution in [0.5, 0.6) is 11.5 Å². The second-order valence-corrected chi connectivity index (χ2v) is 8.97. The van der Waals surface area contributed by atoms with Gasteiger partial charge >= 0.3 is 6.03 Å². The first kappa shape index (κ1) is 17.3. The van der Waals surface area contributed by atoms with Crippen LogP contribution in [-0.4, -0.2) is 63.4 Å². The fourth-order valence-electron chi connectivity index (χ4n) is 6.92. The Morgan fingerprint density at radius 1 is 1.31 bits per heavy atom. The standard InChI is InChI=1S/C21H23N3O5/c1-2-8-24-9-7-19-14-11-3-4-12(25)15(14)29-16(19)20(17(26)22-18(27)23-20)5-6-21(19,28)13(24)10-11/h2-4,13,16,25,28H,1,5-10H2,(H2,22,23,26,27)/t13-,16?,19+,20?,21-/m1/s1. The van der Waals surface area contributed by atoms with Crippen LogP contribution in [0, 0.1) is 0 Å². The van der Waals surface area contributed by atoms with Gasteiger partial charge in [-0.3, -0.25) is 15.0 Å². The van der Waals surface area contributed by atoms with E-state index in [0.717, 1.165) is 11.1 Å². The fraction of sp³-hybridized carbons (Fsp3) is 0.524. The highest BCUT2D eigenvalue weighted by molar-refractivity contribution is 6.08. The highest BCUT2D eigenvalue weighted by Gasteiger charge is 2.78. The number of piperidine rings is 1. The second kappa shape index (κ2) is 5.12. The van der Waals surface area contributed by atoms with Gasteiger partial charge < -0.3 is 20.3 Å². The van der Waals surface area contributed by atoms with Crippen LogP contribution in [0.25, 0.3) is 0 Å². The molecule has 2 aliphatic carbocycles. The van der Waals surface area contributed by atoms with Crippen molar-refractivity contribution in [2.75, 3.05) is 13.1 Å². The van der Waals surface area contributed by atoms with Crippen molar-refractivity contribution in [2.45, 2.75) is 54.4 Å². The summed E-state index contributed by atoms with van der Waals surface area (Å²) in [5, 5.41) is 27.9. The third kappa shape index (κ3) is 1.71. The molecular formula is C21H23N3O5. The molecule has 3 heterocycles. The van der Waals surface area contributed by atoms with E-state index in [1.807, 2.05) is 12.1 Å². The molecule has 1 aromatic carbocycles. The molecule has 2 saturated heterocycles. The number of fused-ring (bicyclic) bond motifs is 1. The number of nitrogens with zero attached hydrogens (tertiary/aromatic N) is 1. The number of ether oxygens (including phenoxy) is 1. The van der Waals surface area contributed by atoms with Crippen molar-refractivity contribution in [3.63, 3.8) is 0 Å². The van der Waals surface area contributed by atoms with Gasteiger partial charge in [0.25, 0.3) is 5.91 Å². The summed E-state index contributed by atoms with van der Waals surface area (Å²) in [5.74, 6) is -0.0769. The summed E-state index contributed by atoms with van der Waals surface area (Å²) < 4.78 is 6.30. The minimum absolute atomic E-state index is 0.00160. The first-order chi connectivity index (χ1) is 13.9. The number of carbonyl (C=O) groups excluding carboxylic acids is 2. The smallest absolute Gasteiger partial charge is 0.322 e. The third-order valence-electron chi connectivity index (χ3n) is 8.00. The van der Waals surface area contributed by atoms with E-state index in [9.17, 15) is 19.8 Å². The topological polar surface area (TPSA) is 111 Å². The van der Waals surface area contributed by atoms with E-state index < -0.39 is 34.6 Å². The monoisotopic (exact) mass is 397 g/mol. The van der Waals surface area contributed by atoms with Crippen molar-refractivity contribution in [2.24, 2.45) is 0 Å². The van der Waals surface area contributed by atoms with Crippen molar-refractivity contribution in [1.29, 1.82) is 0 Å². The molecule has 3 aliphatic heterocycles. The zero-order chi connectivity index (χ0) is 20.2.